The summed E-state index contributed by atoms with van der Waals surface area (Å²) in [7, 11) is 4.86. The Morgan fingerprint density at radius 1 is 1.06 bits per heavy atom. The van der Waals surface area contributed by atoms with Crippen LogP contribution in [-0.4, -0.2) is 119 Å². The summed E-state index contributed by atoms with van der Waals surface area (Å²) in [5.41, 5.74) is 1.14. The lowest BCUT2D eigenvalue weighted by atomic mass is 10.1. The number of carbonyl (C=O) groups is 2. The first-order chi connectivity index (χ1) is 17.5. The van der Waals surface area contributed by atoms with Crippen LogP contribution in [0.3, 0.4) is 0 Å². The summed E-state index contributed by atoms with van der Waals surface area (Å²) in [4.78, 5) is 46.2. The van der Waals surface area contributed by atoms with Crippen molar-refractivity contribution in [3.8, 4) is 5.75 Å². The zero-order chi connectivity index (χ0) is 25.2. The number of hydrogen-bond donors (Lipinski definition) is 0. The molecule has 2 saturated heterocycles. The van der Waals surface area contributed by atoms with Crippen LogP contribution in [0.5, 0.6) is 5.75 Å². The molecule has 0 bridgehead atoms. The molecule has 1 atom stereocenters. The Hall–Kier alpha value is -3.67. The minimum Gasteiger partial charge on any atom is -0.497 e. The van der Waals surface area contributed by atoms with E-state index in [1.807, 2.05) is 17.0 Å². The molecule has 12 heteroatoms. The molecule has 3 amide bonds. The molecule has 0 saturated carbocycles. The fraction of sp³-hybridized carbons (Fsp3) is 0.417. The number of aromatic nitrogens is 2. The number of urea groups is 1. The van der Waals surface area contributed by atoms with Crippen molar-refractivity contribution in [2.75, 3.05) is 64.6 Å². The maximum absolute atomic E-state index is 13.2. The van der Waals surface area contributed by atoms with Crippen LogP contribution < -0.4 is 9.64 Å². The lowest BCUT2D eigenvalue weighted by molar-refractivity contribution is -0.534. The molecular formula is C24H29N8O3S+. The van der Waals surface area contributed by atoms with Gasteiger partial charge in [0.2, 0.25) is 11.9 Å². The maximum atomic E-state index is 13.2. The molecule has 1 aromatic carbocycles. The van der Waals surface area contributed by atoms with Crippen LogP contribution in [0.2, 0.25) is 0 Å². The van der Waals surface area contributed by atoms with Gasteiger partial charge in [0.25, 0.3) is 5.91 Å². The number of guanidine groups is 1. The van der Waals surface area contributed by atoms with Crippen molar-refractivity contribution >= 4 is 41.2 Å². The Balaban J connectivity index is 1.37. The van der Waals surface area contributed by atoms with Crippen LogP contribution >= 0.6 is 11.8 Å². The van der Waals surface area contributed by atoms with Gasteiger partial charge in [-0.05, 0) is 30.3 Å². The highest BCUT2D eigenvalue weighted by molar-refractivity contribution is 7.99. The quantitative estimate of drug-likeness (QED) is 0.324. The number of nitrogens with zero attached hydrogens (tertiary/aromatic N) is 8. The smallest absolute Gasteiger partial charge is 0.392 e. The number of hydrogen-bond acceptors (Lipinski definition) is 7. The standard InChI is InChI=1S/C24H29N8O3S/c1-28-20-19(21(33)29(2)24(28)34)32(15-16-36-22-25-9-4-10-26-22)23(27-20)31-13-11-30(12-14-31)17-5-7-18(35-3)8-6-17/h4-10,19H,11-16H2,1-3H3/q+1. The molecule has 188 valence electrons. The van der Waals surface area contributed by atoms with Crippen molar-refractivity contribution < 1.29 is 18.9 Å². The molecule has 0 aliphatic carbocycles. The van der Waals surface area contributed by atoms with Crippen molar-refractivity contribution in [2.24, 2.45) is 4.99 Å². The second kappa shape index (κ2) is 10.1. The molecule has 5 rings (SSSR count). The second-order valence-corrected chi connectivity index (χ2v) is 9.72. The third kappa shape index (κ3) is 4.48. The molecule has 36 heavy (non-hydrogen) atoms. The number of thioether (sulfide) groups is 1. The molecule has 4 heterocycles. The van der Waals surface area contributed by atoms with E-state index in [1.54, 1.807) is 32.6 Å². The first-order valence-corrected chi connectivity index (χ1v) is 12.8. The summed E-state index contributed by atoms with van der Waals surface area (Å²) >= 11 is 1.53. The Bertz CT molecular complexity index is 1190. The predicted octanol–water partition coefficient (Wildman–Crippen LogP) is 1.07. The SMILES string of the molecule is COc1ccc(N2CC[N+](=C3N=C4C(C(=O)N(C)C(=O)N4C)N3CCSc3ncccn3)CC2)cc1. The van der Waals surface area contributed by atoms with Gasteiger partial charge in [0, 0.05) is 51.0 Å². The number of amidine groups is 1. The first kappa shape index (κ1) is 24.0. The number of likely N-dealkylation sites (N-methyl/N-ethyl adjacent to an activating group) is 2. The van der Waals surface area contributed by atoms with Crippen molar-refractivity contribution in [2.45, 2.75) is 11.2 Å². The number of carbonyl (C=O) groups excluding carboxylic acids is 2. The average Bonchev–Trinajstić information content (AvgIpc) is 3.31. The number of piperazine rings is 1. The Morgan fingerprint density at radius 3 is 2.42 bits per heavy atom. The van der Waals surface area contributed by atoms with Gasteiger partial charge in [0.05, 0.1) is 26.7 Å². The van der Waals surface area contributed by atoms with Gasteiger partial charge in [-0.1, -0.05) is 16.8 Å². The van der Waals surface area contributed by atoms with Crippen LogP contribution in [0.25, 0.3) is 0 Å². The third-order valence-electron chi connectivity index (χ3n) is 6.62. The third-order valence-corrected chi connectivity index (χ3v) is 7.47. The van der Waals surface area contributed by atoms with Gasteiger partial charge in [-0.15, -0.1) is 0 Å². The predicted molar refractivity (Wildman–Crippen MR) is 137 cm³/mol. The Kier molecular flexibility index (Phi) is 6.77. The number of benzene rings is 1. The molecule has 0 N–H and O–H groups in total. The highest BCUT2D eigenvalue weighted by atomic mass is 32.2. The highest BCUT2D eigenvalue weighted by Crippen LogP contribution is 2.25. The fourth-order valence-corrected chi connectivity index (χ4v) is 5.36. The van der Waals surface area contributed by atoms with Crippen molar-refractivity contribution in [1.29, 1.82) is 0 Å². The summed E-state index contributed by atoms with van der Waals surface area (Å²) in [5.74, 6) is 2.47. The van der Waals surface area contributed by atoms with Gasteiger partial charge in [-0.2, -0.15) is 0 Å². The number of imide groups is 1. The maximum Gasteiger partial charge on any atom is 0.392 e. The van der Waals surface area contributed by atoms with Crippen LogP contribution in [0, 0.1) is 0 Å². The molecule has 0 spiro atoms. The van der Waals surface area contributed by atoms with E-state index < -0.39 is 6.04 Å². The minimum atomic E-state index is -0.621. The molecule has 1 unspecified atom stereocenters. The molecule has 2 fully saturated rings. The van der Waals surface area contributed by atoms with E-state index >= 15 is 0 Å². The number of fused-ring (bicyclic) bond motifs is 1. The summed E-state index contributed by atoms with van der Waals surface area (Å²) in [6, 6.07) is 8.86. The summed E-state index contributed by atoms with van der Waals surface area (Å²) < 4.78 is 7.48. The Morgan fingerprint density at radius 2 is 1.75 bits per heavy atom. The van der Waals surface area contributed by atoms with Crippen LogP contribution in [-0.2, 0) is 4.79 Å². The molecule has 1 aromatic heterocycles. The van der Waals surface area contributed by atoms with E-state index in [-0.39, 0.29) is 11.9 Å². The molecule has 3 aliphatic heterocycles. The van der Waals surface area contributed by atoms with Crippen LogP contribution in [0.1, 0.15) is 0 Å². The van der Waals surface area contributed by atoms with Crippen LogP contribution in [0.4, 0.5) is 10.5 Å². The number of rotatable bonds is 6. The molecular weight excluding hydrogens is 480 g/mol. The topological polar surface area (TPSA) is 97.5 Å². The van der Waals surface area contributed by atoms with Gasteiger partial charge < -0.3 is 9.64 Å². The Labute approximate surface area is 214 Å². The highest BCUT2D eigenvalue weighted by Gasteiger charge is 2.55. The van der Waals surface area contributed by atoms with E-state index in [4.69, 9.17) is 9.73 Å². The van der Waals surface area contributed by atoms with Crippen molar-refractivity contribution in [3.63, 3.8) is 0 Å². The largest absolute Gasteiger partial charge is 0.497 e. The lowest BCUT2D eigenvalue weighted by Crippen LogP contribution is -2.63. The summed E-state index contributed by atoms with van der Waals surface area (Å²) in [6.07, 6.45) is 3.43. The molecule has 11 nitrogen and oxygen atoms in total. The summed E-state index contributed by atoms with van der Waals surface area (Å²) in [5, 5.41) is 0.687. The average molecular weight is 510 g/mol. The zero-order valence-corrected chi connectivity index (χ0v) is 21.4. The van der Waals surface area contributed by atoms with Gasteiger partial charge in [0.1, 0.15) is 5.75 Å². The van der Waals surface area contributed by atoms with Gasteiger partial charge in [-0.3, -0.25) is 19.2 Å². The fourth-order valence-electron chi connectivity index (χ4n) is 4.62. The molecule has 0 radical (unpaired) electrons. The van der Waals surface area contributed by atoms with E-state index in [0.29, 0.717) is 23.3 Å². The van der Waals surface area contributed by atoms with E-state index in [1.165, 1.54) is 28.6 Å². The normalized spacial score (nSPS) is 20.2. The van der Waals surface area contributed by atoms with Gasteiger partial charge in [-0.25, -0.2) is 19.7 Å². The number of ether oxygens (including phenoxy) is 1. The van der Waals surface area contributed by atoms with E-state index in [0.717, 1.165) is 43.6 Å². The lowest BCUT2D eigenvalue weighted by Gasteiger charge is -2.34. The number of amides is 3. The summed E-state index contributed by atoms with van der Waals surface area (Å²) in [6.45, 7) is 3.69. The van der Waals surface area contributed by atoms with Crippen LogP contribution in [0.15, 0.2) is 52.9 Å². The zero-order valence-electron chi connectivity index (χ0n) is 20.6. The molecule has 2 aromatic rings. The number of aliphatic imine (C=N–C) groups is 1. The molecule has 3 aliphatic rings. The monoisotopic (exact) mass is 509 g/mol. The van der Waals surface area contributed by atoms with Gasteiger partial charge >= 0.3 is 12.0 Å². The van der Waals surface area contributed by atoms with E-state index in [9.17, 15) is 9.59 Å². The van der Waals surface area contributed by atoms with Crippen molar-refractivity contribution in [3.05, 3.63) is 42.7 Å². The second-order valence-electron chi connectivity index (χ2n) is 8.66. The first-order valence-electron chi connectivity index (χ1n) is 11.8. The minimum absolute atomic E-state index is 0.260. The van der Waals surface area contributed by atoms with Crippen molar-refractivity contribution in [1.82, 2.24) is 24.7 Å². The van der Waals surface area contributed by atoms with Gasteiger partial charge in [0.15, 0.2) is 5.16 Å². The number of methoxy groups -OCH3 is 1. The number of anilines is 1. The van der Waals surface area contributed by atoms with E-state index in [2.05, 4.69) is 31.6 Å².